The van der Waals surface area contributed by atoms with Crippen molar-refractivity contribution in [2.24, 2.45) is 11.8 Å². The van der Waals surface area contributed by atoms with Crippen LogP contribution in [0, 0.1) is 11.8 Å². The molecule has 0 amide bonds. The summed E-state index contributed by atoms with van der Waals surface area (Å²) in [5, 5.41) is 3.76. The van der Waals surface area contributed by atoms with Gasteiger partial charge in [0.1, 0.15) is 0 Å². The summed E-state index contributed by atoms with van der Waals surface area (Å²) in [6, 6.07) is 5.13. The van der Waals surface area contributed by atoms with Crippen LogP contribution < -0.4 is 5.32 Å². The van der Waals surface area contributed by atoms with Crippen molar-refractivity contribution in [3.05, 3.63) is 24.0 Å². The van der Waals surface area contributed by atoms with Gasteiger partial charge in [-0.05, 0) is 49.7 Å². The van der Waals surface area contributed by atoms with Crippen molar-refractivity contribution < 1.29 is 0 Å². The van der Waals surface area contributed by atoms with Crippen LogP contribution in [-0.4, -0.2) is 10.6 Å². The summed E-state index contributed by atoms with van der Waals surface area (Å²) in [5.41, 5.74) is 1.43. The fourth-order valence-corrected chi connectivity index (χ4v) is 3.43. The Morgan fingerprint density at radius 3 is 2.61 bits per heavy atom. The molecule has 2 unspecified atom stereocenters. The number of nitrogens with zero attached hydrogens (tertiary/aromatic N) is 1. The van der Waals surface area contributed by atoms with Crippen molar-refractivity contribution in [1.82, 2.24) is 9.88 Å². The lowest BCUT2D eigenvalue weighted by atomic mass is 9.80. The maximum atomic E-state index is 3.76. The monoisotopic (exact) mass is 248 g/mol. The molecule has 1 fully saturated rings. The summed E-state index contributed by atoms with van der Waals surface area (Å²) in [7, 11) is 0. The minimum absolute atomic E-state index is 0.716. The van der Waals surface area contributed by atoms with E-state index in [2.05, 4.69) is 49.0 Å². The number of nitrogens with one attached hydrogen (secondary N) is 1. The topological polar surface area (TPSA) is 17.0 Å². The van der Waals surface area contributed by atoms with Crippen molar-refractivity contribution in [2.45, 2.75) is 65.6 Å². The van der Waals surface area contributed by atoms with E-state index in [0.29, 0.717) is 6.04 Å². The van der Waals surface area contributed by atoms with Crippen LogP contribution in [0.2, 0.25) is 0 Å². The minimum Gasteiger partial charge on any atom is -0.350 e. The molecule has 2 heteroatoms. The molecular formula is C16H28N2. The Hall–Kier alpha value is -0.760. The largest absolute Gasteiger partial charge is 0.350 e. The Bertz CT molecular complexity index is 346. The standard InChI is InChI=1S/C16H28N2/c1-4-7-18-8-5-6-16(18)12-17-15-10-13(2)9-14(3)11-15/h5-6,8,13-15,17H,4,7,9-12H2,1-3H3. The predicted molar refractivity (Wildman–Crippen MR) is 77.5 cm³/mol. The third kappa shape index (κ3) is 3.61. The van der Waals surface area contributed by atoms with Gasteiger partial charge in [-0.3, -0.25) is 0 Å². The fraction of sp³-hybridized carbons (Fsp3) is 0.750. The molecule has 2 nitrogen and oxygen atoms in total. The number of hydrogen-bond donors (Lipinski definition) is 1. The van der Waals surface area contributed by atoms with E-state index < -0.39 is 0 Å². The maximum absolute atomic E-state index is 3.76. The predicted octanol–water partition coefficient (Wildman–Crippen LogP) is 3.81. The molecule has 1 aliphatic carbocycles. The Balaban J connectivity index is 1.85. The third-order valence-electron chi connectivity index (χ3n) is 4.14. The molecule has 1 aromatic heterocycles. The van der Waals surface area contributed by atoms with E-state index in [-0.39, 0.29) is 0 Å². The van der Waals surface area contributed by atoms with E-state index in [9.17, 15) is 0 Å². The van der Waals surface area contributed by atoms with Crippen molar-refractivity contribution in [3.8, 4) is 0 Å². The molecule has 1 saturated carbocycles. The van der Waals surface area contributed by atoms with Gasteiger partial charge in [0.2, 0.25) is 0 Å². The molecule has 0 bridgehead atoms. The van der Waals surface area contributed by atoms with Crippen LogP contribution in [0.4, 0.5) is 0 Å². The van der Waals surface area contributed by atoms with E-state index in [4.69, 9.17) is 0 Å². The quantitative estimate of drug-likeness (QED) is 0.838. The van der Waals surface area contributed by atoms with Gasteiger partial charge in [-0.1, -0.05) is 20.8 Å². The molecule has 1 heterocycles. The molecule has 1 N–H and O–H groups in total. The molecule has 0 radical (unpaired) electrons. The van der Waals surface area contributed by atoms with Crippen LogP contribution in [-0.2, 0) is 13.1 Å². The summed E-state index contributed by atoms with van der Waals surface area (Å²) >= 11 is 0. The average Bonchev–Trinajstić information content (AvgIpc) is 2.73. The van der Waals surface area contributed by atoms with Crippen molar-refractivity contribution >= 4 is 0 Å². The molecule has 2 atom stereocenters. The lowest BCUT2D eigenvalue weighted by Crippen LogP contribution is -2.36. The first-order valence-electron chi connectivity index (χ1n) is 7.56. The molecule has 1 aliphatic rings. The van der Waals surface area contributed by atoms with E-state index in [1.807, 2.05) is 0 Å². The molecule has 0 aromatic carbocycles. The minimum atomic E-state index is 0.716. The molecule has 0 aliphatic heterocycles. The van der Waals surface area contributed by atoms with E-state index in [0.717, 1.165) is 24.9 Å². The first-order chi connectivity index (χ1) is 8.69. The molecule has 0 spiro atoms. The first kappa shape index (κ1) is 13.7. The van der Waals surface area contributed by atoms with E-state index in [1.165, 1.54) is 31.4 Å². The lowest BCUT2D eigenvalue weighted by molar-refractivity contribution is 0.237. The molecule has 0 saturated heterocycles. The Morgan fingerprint density at radius 2 is 1.94 bits per heavy atom. The molecule has 1 aromatic rings. The molecule has 102 valence electrons. The second-order valence-electron chi connectivity index (χ2n) is 6.19. The SMILES string of the molecule is CCCn1cccc1CNC1CC(C)CC(C)C1. The third-order valence-corrected chi connectivity index (χ3v) is 4.14. The highest BCUT2D eigenvalue weighted by Gasteiger charge is 2.23. The molecule has 2 rings (SSSR count). The van der Waals surface area contributed by atoms with Crippen LogP contribution in [0.3, 0.4) is 0 Å². The van der Waals surface area contributed by atoms with Gasteiger partial charge >= 0.3 is 0 Å². The summed E-state index contributed by atoms with van der Waals surface area (Å²) in [5.74, 6) is 1.77. The molecule has 18 heavy (non-hydrogen) atoms. The zero-order valence-electron chi connectivity index (χ0n) is 12.2. The molecular weight excluding hydrogens is 220 g/mol. The van der Waals surface area contributed by atoms with Crippen LogP contribution in [0.5, 0.6) is 0 Å². The van der Waals surface area contributed by atoms with Gasteiger partial charge < -0.3 is 9.88 Å². The van der Waals surface area contributed by atoms with Crippen molar-refractivity contribution in [1.29, 1.82) is 0 Å². The summed E-state index contributed by atoms with van der Waals surface area (Å²) in [4.78, 5) is 0. The Morgan fingerprint density at radius 1 is 1.22 bits per heavy atom. The number of rotatable bonds is 5. The second-order valence-corrected chi connectivity index (χ2v) is 6.19. The van der Waals surface area contributed by atoms with Gasteiger partial charge in [-0.15, -0.1) is 0 Å². The van der Waals surface area contributed by atoms with Crippen LogP contribution in [0.1, 0.15) is 52.1 Å². The van der Waals surface area contributed by atoms with Gasteiger partial charge in [0.25, 0.3) is 0 Å². The second kappa shape index (κ2) is 6.42. The van der Waals surface area contributed by atoms with E-state index in [1.54, 1.807) is 0 Å². The zero-order chi connectivity index (χ0) is 13.0. The zero-order valence-corrected chi connectivity index (χ0v) is 12.2. The smallest absolute Gasteiger partial charge is 0.0361 e. The number of hydrogen-bond acceptors (Lipinski definition) is 1. The van der Waals surface area contributed by atoms with Crippen molar-refractivity contribution in [2.75, 3.05) is 0 Å². The van der Waals surface area contributed by atoms with Crippen LogP contribution in [0.15, 0.2) is 18.3 Å². The van der Waals surface area contributed by atoms with Crippen LogP contribution in [0.25, 0.3) is 0 Å². The Labute approximate surface area is 112 Å². The first-order valence-corrected chi connectivity index (χ1v) is 7.56. The fourth-order valence-electron chi connectivity index (χ4n) is 3.43. The summed E-state index contributed by atoms with van der Waals surface area (Å²) in [6.45, 7) is 9.19. The van der Waals surface area contributed by atoms with Gasteiger partial charge in [-0.25, -0.2) is 0 Å². The number of aromatic nitrogens is 1. The van der Waals surface area contributed by atoms with E-state index >= 15 is 0 Å². The van der Waals surface area contributed by atoms with Gasteiger partial charge in [-0.2, -0.15) is 0 Å². The normalized spacial score (nSPS) is 28.5. The maximum Gasteiger partial charge on any atom is 0.0361 e. The highest BCUT2D eigenvalue weighted by molar-refractivity contribution is 5.07. The Kier molecular flexibility index (Phi) is 4.87. The van der Waals surface area contributed by atoms with Gasteiger partial charge in [0, 0.05) is 31.0 Å². The lowest BCUT2D eigenvalue weighted by Gasteiger charge is -2.32. The van der Waals surface area contributed by atoms with Crippen LogP contribution >= 0.6 is 0 Å². The summed E-state index contributed by atoms with van der Waals surface area (Å²) < 4.78 is 2.38. The average molecular weight is 248 g/mol. The van der Waals surface area contributed by atoms with Gasteiger partial charge in [0.05, 0.1) is 0 Å². The summed E-state index contributed by atoms with van der Waals surface area (Å²) in [6.07, 6.45) is 7.51. The highest BCUT2D eigenvalue weighted by Crippen LogP contribution is 2.28. The number of aryl methyl sites for hydroxylation is 1. The van der Waals surface area contributed by atoms with Crippen molar-refractivity contribution in [3.63, 3.8) is 0 Å². The van der Waals surface area contributed by atoms with Gasteiger partial charge in [0.15, 0.2) is 0 Å². The highest BCUT2D eigenvalue weighted by atomic mass is 15.0.